The van der Waals surface area contributed by atoms with Crippen LogP contribution < -0.4 is 5.32 Å². The van der Waals surface area contributed by atoms with E-state index in [-0.39, 0.29) is 67.4 Å². The van der Waals surface area contributed by atoms with Gasteiger partial charge in [-0.05, 0) is 70.9 Å². The van der Waals surface area contributed by atoms with Crippen molar-refractivity contribution in [3.8, 4) is 0 Å². The molecule has 12 atom stereocenters. The number of hydrogen-bond acceptors (Lipinski definition) is 9. The summed E-state index contributed by atoms with van der Waals surface area (Å²) in [5.74, 6) is -0.457. The summed E-state index contributed by atoms with van der Waals surface area (Å²) in [5, 5.41) is 35.5. The van der Waals surface area contributed by atoms with Gasteiger partial charge in [0.25, 0.3) is 0 Å². The van der Waals surface area contributed by atoms with Crippen molar-refractivity contribution in [3.05, 3.63) is 36.0 Å². The number of epoxide rings is 1. The summed E-state index contributed by atoms with van der Waals surface area (Å²) in [4.78, 5) is 27.8. The average Bonchev–Trinajstić information content (AvgIpc) is 3.75. The molecule has 3 rings (SSSR count). The lowest BCUT2D eigenvalue weighted by Crippen LogP contribution is -2.57. The number of cyclic esters (lactones) is 1. The molecule has 2 fully saturated rings. The van der Waals surface area contributed by atoms with Crippen LogP contribution in [0.15, 0.2) is 36.0 Å². The average molecular weight is 635 g/mol. The minimum Gasteiger partial charge on any atom is -0.457 e. The SMILES string of the molecule is CCC(O)C(C)C1OC1CC(C)/C=C/C=C(\C)C1OC(=O)CC(O)CCC(C)(O)C(OC(=O)N2CC(C)NCC2C)/C=C\C1C. The minimum atomic E-state index is -1.46. The summed E-state index contributed by atoms with van der Waals surface area (Å²) < 4.78 is 17.6. The van der Waals surface area contributed by atoms with Gasteiger partial charge in [-0.15, -0.1) is 0 Å². The number of aliphatic hydroxyl groups is 3. The van der Waals surface area contributed by atoms with Crippen molar-refractivity contribution in [1.82, 2.24) is 10.2 Å². The molecule has 0 saturated carbocycles. The van der Waals surface area contributed by atoms with E-state index in [0.717, 1.165) is 12.0 Å². The van der Waals surface area contributed by atoms with Crippen LogP contribution in [0.25, 0.3) is 0 Å². The van der Waals surface area contributed by atoms with E-state index in [1.54, 1.807) is 17.9 Å². The maximum Gasteiger partial charge on any atom is 0.410 e. The molecule has 3 aliphatic heterocycles. The fourth-order valence-corrected chi connectivity index (χ4v) is 6.24. The van der Waals surface area contributed by atoms with Crippen LogP contribution in [0.4, 0.5) is 4.79 Å². The zero-order chi connectivity index (χ0) is 33.5. The number of nitrogens with zero attached hydrogens (tertiary/aromatic N) is 1. The highest BCUT2D eigenvalue weighted by Gasteiger charge is 2.45. The van der Waals surface area contributed by atoms with Gasteiger partial charge in [0.1, 0.15) is 11.7 Å². The molecule has 0 bridgehead atoms. The molecule has 10 heteroatoms. The molecule has 0 aliphatic carbocycles. The number of amides is 1. The molecule has 1 amide bonds. The Balaban J connectivity index is 1.73. The van der Waals surface area contributed by atoms with Crippen molar-refractivity contribution in [2.75, 3.05) is 13.1 Å². The topological polar surface area (TPSA) is 141 Å². The predicted molar refractivity (Wildman–Crippen MR) is 173 cm³/mol. The predicted octanol–water partition coefficient (Wildman–Crippen LogP) is 4.28. The van der Waals surface area contributed by atoms with Crippen molar-refractivity contribution < 1.29 is 39.1 Å². The van der Waals surface area contributed by atoms with Gasteiger partial charge >= 0.3 is 12.1 Å². The number of ether oxygens (including phenoxy) is 3. The van der Waals surface area contributed by atoms with E-state index in [0.29, 0.717) is 19.5 Å². The van der Waals surface area contributed by atoms with Crippen molar-refractivity contribution in [1.29, 1.82) is 0 Å². The fraction of sp³-hybridized carbons (Fsp3) is 0.771. The molecule has 0 aromatic carbocycles. The number of hydrogen-bond donors (Lipinski definition) is 4. The molecule has 4 N–H and O–H groups in total. The second-order valence-electron chi connectivity index (χ2n) is 14.0. The van der Waals surface area contributed by atoms with Gasteiger partial charge in [0.2, 0.25) is 0 Å². The standard InChI is InChI=1S/C35H58N2O8/c1-9-28(39)26(7)33-29(43-33)17-21(2)11-10-12-22(3)32-23(4)13-14-30(35(8,42)16-15-27(38)18-31(40)45-32)44-34(41)37-20-24(5)36-19-25(37)6/h10-14,21,23-30,32-33,36,38-39,42H,9,15-20H2,1-8H3/b11-10+,14-13-,22-12+. The maximum atomic E-state index is 13.3. The highest BCUT2D eigenvalue weighted by atomic mass is 16.6. The first-order valence-corrected chi connectivity index (χ1v) is 16.8. The first kappa shape index (κ1) is 37.2. The van der Waals surface area contributed by atoms with Gasteiger partial charge in [-0.3, -0.25) is 4.79 Å². The Bertz CT molecular complexity index is 1070. The summed E-state index contributed by atoms with van der Waals surface area (Å²) in [6.45, 7) is 16.6. The molecular formula is C35H58N2O8. The van der Waals surface area contributed by atoms with Crippen LogP contribution in [-0.4, -0.2) is 99.7 Å². The molecule has 10 nitrogen and oxygen atoms in total. The van der Waals surface area contributed by atoms with Gasteiger partial charge in [0.15, 0.2) is 6.10 Å². The van der Waals surface area contributed by atoms with Crippen molar-refractivity contribution >= 4 is 12.1 Å². The Morgan fingerprint density at radius 2 is 1.98 bits per heavy atom. The van der Waals surface area contributed by atoms with Gasteiger partial charge < -0.3 is 39.7 Å². The van der Waals surface area contributed by atoms with Crippen LogP contribution in [0.3, 0.4) is 0 Å². The number of rotatable bonds is 9. The van der Waals surface area contributed by atoms with Crippen molar-refractivity contribution in [3.63, 3.8) is 0 Å². The van der Waals surface area contributed by atoms with Crippen LogP contribution in [0.2, 0.25) is 0 Å². The number of carbonyl (C=O) groups excluding carboxylic acids is 2. The number of nitrogens with one attached hydrogen (secondary N) is 1. The summed E-state index contributed by atoms with van der Waals surface area (Å²) in [5.41, 5.74) is -0.644. The van der Waals surface area contributed by atoms with E-state index < -0.39 is 36.0 Å². The summed E-state index contributed by atoms with van der Waals surface area (Å²) in [6, 6.07) is 0.0683. The maximum absolute atomic E-state index is 13.3. The van der Waals surface area contributed by atoms with Gasteiger partial charge in [-0.2, -0.15) is 0 Å². The summed E-state index contributed by atoms with van der Waals surface area (Å²) >= 11 is 0. The van der Waals surface area contributed by atoms with Crippen LogP contribution in [0, 0.1) is 17.8 Å². The second-order valence-corrected chi connectivity index (χ2v) is 14.0. The molecule has 0 aromatic rings. The van der Waals surface area contributed by atoms with Gasteiger partial charge in [-0.25, -0.2) is 4.79 Å². The molecule has 256 valence electrons. The number of aliphatic hydroxyl groups excluding tert-OH is 2. The lowest BCUT2D eigenvalue weighted by atomic mass is 9.88. The van der Waals surface area contributed by atoms with Gasteiger partial charge in [0, 0.05) is 37.0 Å². The van der Waals surface area contributed by atoms with Crippen LogP contribution >= 0.6 is 0 Å². The lowest BCUT2D eigenvalue weighted by molar-refractivity contribution is -0.151. The van der Waals surface area contributed by atoms with Crippen molar-refractivity contribution in [2.24, 2.45) is 17.8 Å². The first-order valence-electron chi connectivity index (χ1n) is 16.8. The van der Waals surface area contributed by atoms with Crippen LogP contribution in [0.5, 0.6) is 0 Å². The zero-order valence-corrected chi connectivity index (χ0v) is 28.5. The highest BCUT2D eigenvalue weighted by molar-refractivity contribution is 5.70. The normalized spacial score (nSPS) is 38.0. The quantitative estimate of drug-likeness (QED) is 0.127. The summed E-state index contributed by atoms with van der Waals surface area (Å²) in [7, 11) is 0. The van der Waals surface area contributed by atoms with E-state index in [2.05, 4.69) is 18.3 Å². The molecule has 0 spiro atoms. The number of carbonyl (C=O) groups is 2. The Kier molecular flexibility index (Phi) is 13.7. The van der Waals surface area contributed by atoms with Crippen LogP contribution in [-0.2, 0) is 19.0 Å². The molecule has 45 heavy (non-hydrogen) atoms. The molecule has 0 aromatic heterocycles. The molecular weight excluding hydrogens is 576 g/mol. The monoisotopic (exact) mass is 634 g/mol. The van der Waals surface area contributed by atoms with Gasteiger partial charge in [-0.1, -0.05) is 52.0 Å². The number of esters is 1. The summed E-state index contributed by atoms with van der Waals surface area (Å²) in [6.07, 6.45) is 7.93. The number of allylic oxidation sites excluding steroid dienone is 3. The number of piperazine rings is 1. The molecule has 0 radical (unpaired) electrons. The highest BCUT2D eigenvalue weighted by Crippen LogP contribution is 2.36. The van der Waals surface area contributed by atoms with Crippen LogP contribution in [0.1, 0.15) is 87.5 Å². The Labute approximate surface area is 269 Å². The smallest absolute Gasteiger partial charge is 0.410 e. The molecule has 3 aliphatic rings. The lowest BCUT2D eigenvalue weighted by Gasteiger charge is -2.39. The van der Waals surface area contributed by atoms with E-state index >= 15 is 0 Å². The first-order chi connectivity index (χ1) is 21.1. The Morgan fingerprint density at radius 1 is 1.27 bits per heavy atom. The zero-order valence-electron chi connectivity index (χ0n) is 28.5. The Morgan fingerprint density at radius 3 is 2.67 bits per heavy atom. The van der Waals surface area contributed by atoms with E-state index in [4.69, 9.17) is 14.2 Å². The van der Waals surface area contributed by atoms with E-state index in [9.17, 15) is 24.9 Å². The molecule has 12 unspecified atom stereocenters. The molecule has 2 saturated heterocycles. The van der Waals surface area contributed by atoms with E-state index in [1.807, 2.05) is 59.8 Å². The van der Waals surface area contributed by atoms with Gasteiger partial charge in [0.05, 0.1) is 30.8 Å². The molecule has 3 heterocycles. The minimum absolute atomic E-state index is 0.0577. The largest absolute Gasteiger partial charge is 0.457 e. The third kappa shape index (κ3) is 10.9. The van der Waals surface area contributed by atoms with Crippen molar-refractivity contribution in [2.45, 2.75) is 142 Å². The third-order valence-electron chi connectivity index (χ3n) is 9.57. The third-order valence-corrected chi connectivity index (χ3v) is 9.57. The second kappa shape index (κ2) is 16.5. The fourth-order valence-electron chi connectivity index (χ4n) is 6.24. The Hall–Kier alpha value is -2.24. The van der Waals surface area contributed by atoms with E-state index in [1.165, 1.54) is 0 Å².